The summed E-state index contributed by atoms with van der Waals surface area (Å²) in [5.41, 5.74) is 2.95. The van der Waals surface area contributed by atoms with Gasteiger partial charge in [0.15, 0.2) is 0 Å². The zero-order valence-electron chi connectivity index (χ0n) is 11.4. The third-order valence-electron chi connectivity index (χ3n) is 2.68. The van der Waals surface area contributed by atoms with E-state index < -0.39 is 12.0 Å². The Morgan fingerprint density at radius 1 is 1.38 bits per heavy atom. The fourth-order valence-electron chi connectivity index (χ4n) is 1.74. The van der Waals surface area contributed by atoms with E-state index >= 15 is 0 Å². The molecule has 2 heterocycles. The number of nitrogens with two attached hydrogens (primary N) is 1. The summed E-state index contributed by atoms with van der Waals surface area (Å²) < 4.78 is 39.9. The number of nitrogens with one attached hydrogen (secondary N) is 1. The molecule has 0 aliphatic rings. The summed E-state index contributed by atoms with van der Waals surface area (Å²) in [7, 11) is 3.38. The Bertz CT molecular complexity index is 623. The largest absolute Gasteiger partial charge is 0.451 e. The summed E-state index contributed by atoms with van der Waals surface area (Å²) in [5.74, 6) is 3.90. The van der Waals surface area contributed by atoms with Crippen LogP contribution in [0.5, 0.6) is 0 Å². The molecular formula is C11H14F3N7. The first-order valence-electron chi connectivity index (χ1n) is 5.91. The van der Waals surface area contributed by atoms with E-state index in [9.17, 15) is 13.2 Å². The van der Waals surface area contributed by atoms with E-state index in [0.29, 0.717) is 6.54 Å². The van der Waals surface area contributed by atoms with Gasteiger partial charge in [-0.15, -0.1) is 0 Å². The first-order valence-corrected chi connectivity index (χ1v) is 5.91. The second kappa shape index (κ2) is 5.56. The zero-order chi connectivity index (χ0) is 15.6. The fourth-order valence-corrected chi connectivity index (χ4v) is 1.74. The highest BCUT2D eigenvalue weighted by Gasteiger charge is 2.35. The van der Waals surface area contributed by atoms with Gasteiger partial charge in [0.25, 0.3) is 0 Å². The fraction of sp³-hybridized carbons (Fsp3) is 0.364. The molecule has 0 fully saturated rings. The van der Waals surface area contributed by atoms with Crippen LogP contribution in [0.2, 0.25) is 0 Å². The van der Waals surface area contributed by atoms with Crippen LogP contribution in [0.4, 0.5) is 24.8 Å². The molecule has 2 aromatic heterocycles. The molecular weight excluding hydrogens is 287 g/mol. The van der Waals surface area contributed by atoms with Crippen LogP contribution in [0.1, 0.15) is 11.4 Å². The van der Waals surface area contributed by atoms with E-state index in [0.717, 1.165) is 5.56 Å². The zero-order valence-corrected chi connectivity index (χ0v) is 11.4. The molecule has 2 rings (SSSR count). The van der Waals surface area contributed by atoms with Crippen LogP contribution < -0.4 is 16.2 Å². The van der Waals surface area contributed by atoms with E-state index in [1.807, 2.05) is 0 Å². The minimum absolute atomic E-state index is 0.106. The van der Waals surface area contributed by atoms with Gasteiger partial charge in [0.05, 0.1) is 6.20 Å². The second-order valence-corrected chi connectivity index (χ2v) is 4.46. The third-order valence-corrected chi connectivity index (χ3v) is 2.68. The number of anilines is 2. The lowest BCUT2D eigenvalue weighted by molar-refractivity contribution is -0.144. The molecule has 0 spiro atoms. The number of hydrazine groups is 1. The topological polar surface area (TPSA) is 84.9 Å². The molecule has 0 aliphatic heterocycles. The summed E-state index contributed by atoms with van der Waals surface area (Å²) in [6.45, 7) is 0.353. The van der Waals surface area contributed by atoms with Crippen LogP contribution in [0.25, 0.3) is 0 Å². The van der Waals surface area contributed by atoms with Gasteiger partial charge in [0.2, 0.25) is 5.82 Å². The van der Waals surface area contributed by atoms with Crippen LogP contribution >= 0.6 is 0 Å². The quantitative estimate of drug-likeness (QED) is 0.651. The summed E-state index contributed by atoms with van der Waals surface area (Å²) in [6.07, 6.45) is -1.24. The van der Waals surface area contributed by atoms with Gasteiger partial charge in [-0.1, -0.05) is 0 Å². The molecule has 0 unspecified atom stereocenters. The van der Waals surface area contributed by atoms with Gasteiger partial charge in [-0.05, 0) is 0 Å². The smallest absolute Gasteiger partial charge is 0.355 e. The first kappa shape index (κ1) is 15.0. The monoisotopic (exact) mass is 301 g/mol. The molecule has 0 bridgehead atoms. The van der Waals surface area contributed by atoms with Crippen molar-refractivity contribution < 1.29 is 13.2 Å². The average molecular weight is 301 g/mol. The van der Waals surface area contributed by atoms with Gasteiger partial charge >= 0.3 is 6.18 Å². The molecule has 10 heteroatoms. The highest BCUT2D eigenvalue weighted by molar-refractivity contribution is 5.48. The standard InChI is InChI=1S/C11H14F3N7/c1-20(5-7-4-16-21(2)6-7)9-3-8(19-15)17-10(18-9)11(12,13)14/h3-4,6H,5,15H2,1-2H3,(H,17,18,19). The molecule has 0 saturated carbocycles. The molecule has 7 nitrogen and oxygen atoms in total. The van der Waals surface area contributed by atoms with Crippen molar-refractivity contribution in [2.75, 3.05) is 17.4 Å². The Balaban J connectivity index is 2.29. The highest BCUT2D eigenvalue weighted by atomic mass is 19.4. The van der Waals surface area contributed by atoms with Gasteiger partial charge in [-0.25, -0.2) is 15.8 Å². The SMILES string of the molecule is CN(Cc1cnn(C)c1)c1cc(NN)nc(C(F)(F)F)n1. The molecule has 3 N–H and O–H groups in total. The Morgan fingerprint density at radius 2 is 2.10 bits per heavy atom. The van der Waals surface area contributed by atoms with Gasteiger partial charge < -0.3 is 10.3 Å². The molecule has 2 aromatic rings. The van der Waals surface area contributed by atoms with Crippen molar-refractivity contribution in [3.63, 3.8) is 0 Å². The molecule has 0 amide bonds. The summed E-state index contributed by atoms with van der Waals surface area (Å²) in [5, 5.41) is 4.00. The lowest BCUT2D eigenvalue weighted by Gasteiger charge is -2.19. The Hall–Kier alpha value is -2.36. The number of rotatable bonds is 4. The predicted molar refractivity (Wildman–Crippen MR) is 70.2 cm³/mol. The molecule has 0 saturated heterocycles. The maximum Gasteiger partial charge on any atom is 0.451 e. The molecule has 0 atom stereocenters. The third kappa shape index (κ3) is 3.60. The van der Waals surface area contributed by atoms with Gasteiger partial charge in [-0.3, -0.25) is 4.68 Å². The van der Waals surface area contributed by atoms with Gasteiger partial charge in [0.1, 0.15) is 11.6 Å². The van der Waals surface area contributed by atoms with Crippen molar-refractivity contribution in [2.45, 2.75) is 12.7 Å². The molecule has 21 heavy (non-hydrogen) atoms. The number of hydrogen-bond donors (Lipinski definition) is 2. The van der Waals surface area contributed by atoms with Gasteiger partial charge in [0, 0.05) is 38.5 Å². The maximum absolute atomic E-state index is 12.8. The summed E-state index contributed by atoms with van der Waals surface area (Å²) >= 11 is 0. The number of halogens is 3. The minimum atomic E-state index is -4.64. The van der Waals surface area contributed by atoms with Crippen LogP contribution in [0.15, 0.2) is 18.5 Å². The number of alkyl halides is 3. The minimum Gasteiger partial charge on any atom is -0.355 e. The van der Waals surface area contributed by atoms with Crippen molar-refractivity contribution in [2.24, 2.45) is 12.9 Å². The first-order chi connectivity index (χ1) is 9.79. The van der Waals surface area contributed by atoms with Crippen molar-refractivity contribution in [3.8, 4) is 0 Å². The van der Waals surface area contributed by atoms with Gasteiger partial charge in [-0.2, -0.15) is 18.3 Å². The Morgan fingerprint density at radius 3 is 2.62 bits per heavy atom. The predicted octanol–water partition coefficient (Wildman–Crippen LogP) is 1.15. The molecule has 0 aliphatic carbocycles. The van der Waals surface area contributed by atoms with Crippen molar-refractivity contribution in [3.05, 3.63) is 29.8 Å². The number of hydrogen-bond acceptors (Lipinski definition) is 6. The van der Waals surface area contributed by atoms with Crippen LogP contribution in [0, 0.1) is 0 Å². The van der Waals surface area contributed by atoms with E-state index in [4.69, 9.17) is 5.84 Å². The molecule has 114 valence electrons. The number of aromatic nitrogens is 4. The van der Waals surface area contributed by atoms with E-state index in [-0.39, 0.29) is 11.6 Å². The maximum atomic E-state index is 12.8. The van der Waals surface area contributed by atoms with Crippen LogP contribution in [-0.2, 0) is 19.8 Å². The lowest BCUT2D eigenvalue weighted by atomic mass is 10.3. The van der Waals surface area contributed by atoms with Crippen molar-refractivity contribution in [1.29, 1.82) is 0 Å². The number of aryl methyl sites for hydroxylation is 1. The van der Waals surface area contributed by atoms with Crippen molar-refractivity contribution in [1.82, 2.24) is 19.7 Å². The Kier molecular flexibility index (Phi) is 3.98. The lowest BCUT2D eigenvalue weighted by Crippen LogP contribution is -2.22. The summed E-state index contributed by atoms with van der Waals surface area (Å²) in [6, 6.07) is 1.34. The molecule has 0 radical (unpaired) electrons. The number of nitrogens with zero attached hydrogens (tertiary/aromatic N) is 5. The second-order valence-electron chi connectivity index (χ2n) is 4.46. The summed E-state index contributed by atoms with van der Waals surface area (Å²) in [4.78, 5) is 8.37. The Labute approximate surface area is 118 Å². The highest BCUT2D eigenvalue weighted by Crippen LogP contribution is 2.29. The van der Waals surface area contributed by atoms with Crippen LogP contribution in [-0.4, -0.2) is 26.8 Å². The van der Waals surface area contributed by atoms with E-state index in [1.54, 1.807) is 36.1 Å². The van der Waals surface area contributed by atoms with Crippen LogP contribution in [0.3, 0.4) is 0 Å². The average Bonchev–Trinajstić information content (AvgIpc) is 2.82. The van der Waals surface area contributed by atoms with E-state index in [2.05, 4.69) is 20.5 Å². The molecule has 0 aromatic carbocycles. The normalized spacial score (nSPS) is 11.5. The number of nitrogen functional groups attached to an aromatic ring is 1. The van der Waals surface area contributed by atoms with Crippen molar-refractivity contribution >= 4 is 11.6 Å². The van der Waals surface area contributed by atoms with E-state index in [1.165, 1.54) is 6.07 Å².